The van der Waals surface area contributed by atoms with Crippen LogP contribution in [0.3, 0.4) is 0 Å². The minimum Gasteiger partial charge on any atom is -0.323 e. The van der Waals surface area contributed by atoms with Crippen molar-refractivity contribution < 1.29 is 14.4 Å². The second kappa shape index (κ2) is 8.92. The molecule has 2 aliphatic heterocycles. The van der Waals surface area contributed by atoms with E-state index in [0.29, 0.717) is 19.3 Å². The fourth-order valence-corrected chi connectivity index (χ4v) is 5.91. The highest BCUT2D eigenvalue weighted by Gasteiger charge is 2.51. The number of urea groups is 1. The van der Waals surface area contributed by atoms with Gasteiger partial charge in [0.05, 0.1) is 16.6 Å². The first-order valence-electron chi connectivity index (χ1n) is 10.6. The van der Waals surface area contributed by atoms with Gasteiger partial charge in [0, 0.05) is 11.3 Å². The van der Waals surface area contributed by atoms with Crippen LogP contribution in [-0.2, 0) is 9.59 Å². The molecule has 4 rings (SSSR count). The van der Waals surface area contributed by atoms with Gasteiger partial charge in [0.2, 0.25) is 0 Å². The second-order valence-electron chi connectivity index (χ2n) is 7.90. The molecular weight excluding hydrogens is 432 g/mol. The summed E-state index contributed by atoms with van der Waals surface area (Å²) < 4.78 is 0. The molecule has 164 valence electrons. The van der Waals surface area contributed by atoms with Crippen molar-refractivity contribution in [3.63, 3.8) is 0 Å². The molecule has 7 nitrogen and oxygen atoms in total. The molecule has 0 aliphatic carbocycles. The molecule has 2 aromatic rings. The van der Waals surface area contributed by atoms with E-state index in [4.69, 9.17) is 0 Å². The summed E-state index contributed by atoms with van der Waals surface area (Å²) in [4.78, 5) is 42.2. The molecule has 0 aromatic carbocycles. The summed E-state index contributed by atoms with van der Waals surface area (Å²) in [6, 6.07) is 7.18. The molecule has 0 bridgehead atoms. The van der Waals surface area contributed by atoms with Crippen LogP contribution in [0.2, 0.25) is 0 Å². The van der Waals surface area contributed by atoms with E-state index in [2.05, 4.69) is 10.4 Å². The van der Waals surface area contributed by atoms with Crippen molar-refractivity contribution >= 4 is 46.2 Å². The van der Waals surface area contributed by atoms with E-state index in [9.17, 15) is 14.4 Å². The third-order valence-electron chi connectivity index (χ3n) is 5.74. The van der Waals surface area contributed by atoms with E-state index in [1.807, 2.05) is 48.9 Å². The van der Waals surface area contributed by atoms with Gasteiger partial charge in [-0.1, -0.05) is 38.8 Å². The lowest BCUT2D eigenvalue weighted by atomic mass is 9.88. The van der Waals surface area contributed by atoms with Gasteiger partial charge >= 0.3 is 6.03 Å². The maximum absolute atomic E-state index is 13.3. The van der Waals surface area contributed by atoms with E-state index in [-0.39, 0.29) is 24.4 Å². The van der Waals surface area contributed by atoms with Crippen molar-refractivity contribution in [2.45, 2.75) is 57.5 Å². The molecule has 4 amide bonds. The number of carbonyl (C=O) groups is 3. The van der Waals surface area contributed by atoms with Crippen molar-refractivity contribution in [2.75, 3.05) is 6.54 Å². The number of nitrogens with one attached hydrogen (secondary N) is 1. The third-order valence-corrected chi connectivity index (χ3v) is 7.63. The van der Waals surface area contributed by atoms with E-state index < -0.39 is 11.6 Å². The summed E-state index contributed by atoms with van der Waals surface area (Å²) in [5, 5.41) is 12.9. The fraction of sp³-hybridized carbons (Fsp3) is 0.455. The Bertz CT molecular complexity index is 979. The first-order chi connectivity index (χ1) is 15.0. The van der Waals surface area contributed by atoms with Crippen molar-refractivity contribution in [3.05, 3.63) is 44.8 Å². The number of thiophene rings is 2. The maximum atomic E-state index is 13.3. The van der Waals surface area contributed by atoms with Crippen LogP contribution < -0.4 is 5.32 Å². The number of imide groups is 1. The second-order valence-corrected chi connectivity index (χ2v) is 9.83. The van der Waals surface area contributed by atoms with Gasteiger partial charge in [-0.15, -0.1) is 22.7 Å². The standard InChI is InChI=1S/C22H26N4O3S2/c1-3-9-22(10-4-2)20(28)25(21(29)23-22)14-19(27)26-16(18-8-6-12-31-18)13-15(24-26)17-7-5-11-30-17/h5-8,11-12,16H,3-4,9-10,13-14H2,1-2H3,(H,23,29). The normalized spacial score (nSPS) is 20.3. The molecular formula is C22H26N4O3S2. The third kappa shape index (κ3) is 4.04. The van der Waals surface area contributed by atoms with Crippen LogP contribution in [0.25, 0.3) is 0 Å². The lowest BCUT2D eigenvalue weighted by molar-refractivity contribution is -0.140. The van der Waals surface area contributed by atoms with Gasteiger partial charge in [-0.25, -0.2) is 9.80 Å². The topological polar surface area (TPSA) is 82.1 Å². The average molecular weight is 459 g/mol. The summed E-state index contributed by atoms with van der Waals surface area (Å²) in [5.41, 5.74) is -0.0463. The summed E-state index contributed by atoms with van der Waals surface area (Å²) >= 11 is 3.16. The molecule has 31 heavy (non-hydrogen) atoms. The fourth-order valence-electron chi connectivity index (χ4n) is 4.38. The van der Waals surface area contributed by atoms with Gasteiger partial charge in [0.1, 0.15) is 12.1 Å². The first-order valence-corrected chi connectivity index (χ1v) is 12.4. The van der Waals surface area contributed by atoms with E-state index in [1.165, 1.54) is 5.01 Å². The first kappa shape index (κ1) is 21.7. The van der Waals surface area contributed by atoms with Crippen LogP contribution in [-0.4, -0.2) is 45.5 Å². The Kier molecular flexibility index (Phi) is 6.24. The van der Waals surface area contributed by atoms with Gasteiger partial charge in [0.15, 0.2) is 0 Å². The molecule has 1 saturated heterocycles. The molecule has 0 radical (unpaired) electrons. The zero-order chi connectivity index (χ0) is 22.0. The van der Waals surface area contributed by atoms with Crippen LogP contribution in [0.1, 0.15) is 61.7 Å². The van der Waals surface area contributed by atoms with Crippen molar-refractivity contribution in [1.29, 1.82) is 0 Å². The van der Waals surface area contributed by atoms with E-state index in [1.54, 1.807) is 22.7 Å². The number of amides is 4. The molecule has 4 heterocycles. The Morgan fingerprint density at radius 3 is 2.48 bits per heavy atom. The molecule has 1 fully saturated rings. The largest absolute Gasteiger partial charge is 0.325 e. The van der Waals surface area contributed by atoms with Crippen LogP contribution in [0.15, 0.2) is 40.1 Å². The highest BCUT2D eigenvalue weighted by atomic mass is 32.1. The summed E-state index contributed by atoms with van der Waals surface area (Å²) in [6.07, 6.45) is 3.29. The Morgan fingerprint density at radius 1 is 1.16 bits per heavy atom. The van der Waals surface area contributed by atoms with Crippen molar-refractivity contribution in [2.24, 2.45) is 5.10 Å². The predicted octanol–water partition coefficient (Wildman–Crippen LogP) is 4.38. The van der Waals surface area contributed by atoms with Crippen molar-refractivity contribution in [1.82, 2.24) is 15.2 Å². The highest BCUT2D eigenvalue weighted by Crippen LogP contribution is 2.36. The lowest BCUT2D eigenvalue weighted by Crippen LogP contribution is -2.47. The van der Waals surface area contributed by atoms with Gasteiger partial charge in [-0.3, -0.25) is 14.5 Å². The predicted molar refractivity (Wildman–Crippen MR) is 122 cm³/mol. The number of hydrogen-bond acceptors (Lipinski definition) is 6. The molecule has 9 heteroatoms. The van der Waals surface area contributed by atoms with Crippen LogP contribution in [0, 0.1) is 0 Å². The Morgan fingerprint density at radius 2 is 1.87 bits per heavy atom. The van der Waals surface area contributed by atoms with Crippen LogP contribution in [0.4, 0.5) is 4.79 Å². The van der Waals surface area contributed by atoms with Crippen LogP contribution >= 0.6 is 22.7 Å². The molecule has 2 aromatic heterocycles. The SMILES string of the molecule is CCCC1(CCC)NC(=O)N(CC(=O)N2N=C(c3cccs3)CC2c2cccs2)C1=O. The minimum absolute atomic E-state index is 0.221. The molecule has 1 N–H and O–H groups in total. The lowest BCUT2D eigenvalue weighted by Gasteiger charge is -2.26. The molecule has 1 atom stereocenters. The Hall–Kier alpha value is -2.52. The highest BCUT2D eigenvalue weighted by molar-refractivity contribution is 7.12. The quantitative estimate of drug-likeness (QED) is 0.596. The smallest absolute Gasteiger partial charge is 0.323 e. The monoisotopic (exact) mass is 458 g/mol. The number of nitrogens with zero attached hydrogens (tertiary/aromatic N) is 3. The van der Waals surface area contributed by atoms with Gasteiger partial charge < -0.3 is 5.32 Å². The zero-order valence-electron chi connectivity index (χ0n) is 17.7. The van der Waals surface area contributed by atoms with Gasteiger partial charge in [-0.2, -0.15) is 5.10 Å². The summed E-state index contributed by atoms with van der Waals surface area (Å²) in [5.74, 6) is -0.652. The Balaban J connectivity index is 1.57. The van der Waals surface area contributed by atoms with E-state index >= 15 is 0 Å². The molecule has 1 unspecified atom stereocenters. The maximum Gasteiger partial charge on any atom is 0.325 e. The minimum atomic E-state index is -0.898. The van der Waals surface area contributed by atoms with Crippen LogP contribution in [0.5, 0.6) is 0 Å². The van der Waals surface area contributed by atoms with Crippen molar-refractivity contribution in [3.8, 4) is 0 Å². The van der Waals surface area contributed by atoms with Gasteiger partial charge in [0.25, 0.3) is 11.8 Å². The number of carbonyl (C=O) groups excluding carboxylic acids is 3. The average Bonchev–Trinajstić information content (AvgIpc) is 3.52. The summed E-state index contributed by atoms with van der Waals surface area (Å²) in [6.45, 7) is 3.67. The zero-order valence-corrected chi connectivity index (χ0v) is 19.3. The number of hydrogen-bond donors (Lipinski definition) is 1. The van der Waals surface area contributed by atoms with Gasteiger partial charge in [-0.05, 0) is 35.7 Å². The Labute approximate surface area is 189 Å². The number of hydrazone groups is 1. The van der Waals surface area contributed by atoms with E-state index in [0.717, 1.165) is 33.2 Å². The molecule has 2 aliphatic rings. The molecule has 0 spiro atoms. The number of rotatable bonds is 8. The molecule has 0 saturated carbocycles. The summed E-state index contributed by atoms with van der Waals surface area (Å²) in [7, 11) is 0.